The molecule has 0 heterocycles. The molecule has 1 atom stereocenters. The fourth-order valence-electron chi connectivity index (χ4n) is 2.50. The van der Waals surface area contributed by atoms with Gasteiger partial charge >= 0.3 is 0 Å². The number of hydrogen-bond acceptors (Lipinski definition) is 1. The predicted molar refractivity (Wildman–Crippen MR) is 93.3 cm³/mol. The van der Waals surface area contributed by atoms with E-state index in [0.29, 0.717) is 5.92 Å². The summed E-state index contributed by atoms with van der Waals surface area (Å²) in [5.41, 5.74) is 5.41. The van der Waals surface area contributed by atoms with Gasteiger partial charge < -0.3 is 5.11 Å². The molecule has 0 aromatic heterocycles. The Bertz CT molecular complexity index is 446. The van der Waals surface area contributed by atoms with Gasteiger partial charge in [0.2, 0.25) is 0 Å². The van der Waals surface area contributed by atoms with E-state index in [1.165, 1.54) is 16.7 Å². The highest BCUT2D eigenvalue weighted by Crippen LogP contribution is 2.21. The van der Waals surface area contributed by atoms with Crippen LogP contribution >= 0.6 is 0 Å². The van der Waals surface area contributed by atoms with Crippen LogP contribution in [0.1, 0.15) is 66.7 Å². The van der Waals surface area contributed by atoms with Crippen molar-refractivity contribution in [3.63, 3.8) is 0 Å². The zero-order valence-corrected chi connectivity index (χ0v) is 14.4. The fraction of sp³-hybridized carbons (Fsp3) is 0.600. The summed E-state index contributed by atoms with van der Waals surface area (Å²) >= 11 is 0. The van der Waals surface area contributed by atoms with Crippen LogP contribution in [0.2, 0.25) is 0 Å². The molecule has 1 heteroatoms. The van der Waals surface area contributed by atoms with Gasteiger partial charge in [-0.25, -0.2) is 0 Å². The molecule has 21 heavy (non-hydrogen) atoms. The molecule has 0 radical (unpaired) electrons. The van der Waals surface area contributed by atoms with Crippen molar-refractivity contribution >= 4 is 0 Å². The predicted octanol–water partition coefficient (Wildman–Crippen LogP) is 5.73. The van der Waals surface area contributed by atoms with Crippen LogP contribution in [0.3, 0.4) is 0 Å². The number of rotatable bonds is 1. The Morgan fingerprint density at radius 3 is 2.33 bits per heavy atom. The van der Waals surface area contributed by atoms with Crippen molar-refractivity contribution in [3.8, 4) is 0 Å². The summed E-state index contributed by atoms with van der Waals surface area (Å²) in [7, 11) is 0. The van der Waals surface area contributed by atoms with Gasteiger partial charge in [-0.05, 0) is 64.4 Å². The lowest BCUT2D eigenvalue weighted by atomic mass is 9.94. The maximum absolute atomic E-state index is 10.2. The van der Waals surface area contributed by atoms with Gasteiger partial charge in [-0.15, -0.1) is 0 Å². The Labute approximate surface area is 131 Å². The van der Waals surface area contributed by atoms with E-state index in [4.69, 9.17) is 0 Å². The standard InChI is InChI=1S/C20H32O/c1-15(2)19-12-9-16(3)7-6-8-18(5)20(21)14-11-17(4)10-13-19/h8-9,11-12,15,20-21H,6-7,10,13-14H2,1-5H3/b16-9+,17-11+,18-8+,19-12+. The smallest absolute Gasteiger partial charge is 0.0781 e. The molecule has 1 aliphatic rings. The molecule has 118 valence electrons. The van der Waals surface area contributed by atoms with Crippen LogP contribution in [0, 0.1) is 5.92 Å². The summed E-state index contributed by atoms with van der Waals surface area (Å²) < 4.78 is 0. The fourth-order valence-corrected chi connectivity index (χ4v) is 2.50. The molecule has 0 amide bonds. The van der Waals surface area contributed by atoms with Crippen LogP contribution in [0.4, 0.5) is 0 Å². The molecule has 1 N–H and O–H groups in total. The van der Waals surface area contributed by atoms with Gasteiger partial charge in [-0.1, -0.05) is 54.9 Å². The van der Waals surface area contributed by atoms with Gasteiger partial charge in [0.15, 0.2) is 0 Å². The van der Waals surface area contributed by atoms with Crippen molar-refractivity contribution in [2.75, 3.05) is 0 Å². The van der Waals surface area contributed by atoms with Gasteiger partial charge in [0.1, 0.15) is 0 Å². The van der Waals surface area contributed by atoms with Crippen LogP contribution in [0.25, 0.3) is 0 Å². The first kappa shape index (κ1) is 18.0. The summed E-state index contributed by atoms with van der Waals surface area (Å²) in [6, 6.07) is 0. The zero-order chi connectivity index (χ0) is 15.8. The third-order valence-corrected chi connectivity index (χ3v) is 4.35. The average Bonchev–Trinajstić information content (AvgIpc) is 2.43. The minimum Gasteiger partial charge on any atom is -0.388 e. The summed E-state index contributed by atoms with van der Waals surface area (Å²) in [6.07, 6.45) is 13.7. The largest absolute Gasteiger partial charge is 0.388 e. The Balaban J connectivity index is 2.95. The molecule has 0 aromatic rings. The first-order valence-corrected chi connectivity index (χ1v) is 8.26. The number of aliphatic hydroxyl groups is 1. The van der Waals surface area contributed by atoms with Crippen molar-refractivity contribution in [1.82, 2.24) is 0 Å². The average molecular weight is 288 g/mol. The molecule has 0 fully saturated rings. The van der Waals surface area contributed by atoms with E-state index in [1.807, 2.05) is 6.92 Å². The van der Waals surface area contributed by atoms with Gasteiger partial charge in [0.05, 0.1) is 6.10 Å². The molecule has 0 saturated heterocycles. The van der Waals surface area contributed by atoms with Crippen molar-refractivity contribution in [3.05, 3.63) is 46.6 Å². The SMILES string of the molecule is C/C1=C\C=C(\C(C)C)CC/C(C)=C/CC(O)/C(C)=C/CC1. The van der Waals surface area contributed by atoms with Gasteiger partial charge in [0, 0.05) is 0 Å². The Kier molecular flexibility index (Phi) is 7.74. The molecule has 0 spiro atoms. The highest BCUT2D eigenvalue weighted by atomic mass is 16.3. The summed E-state index contributed by atoms with van der Waals surface area (Å²) in [6.45, 7) is 11.0. The number of aliphatic hydroxyl groups excluding tert-OH is 1. The second kappa shape index (κ2) is 9.04. The van der Waals surface area contributed by atoms with E-state index in [-0.39, 0.29) is 6.10 Å². The van der Waals surface area contributed by atoms with Crippen LogP contribution in [-0.4, -0.2) is 11.2 Å². The zero-order valence-electron chi connectivity index (χ0n) is 14.4. The van der Waals surface area contributed by atoms with Crippen molar-refractivity contribution in [1.29, 1.82) is 0 Å². The maximum atomic E-state index is 10.2. The molecular weight excluding hydrogens is 256 g/mol. The molecule has 1 unspecified atom stereocenters. The number of hydrogen-bond donors (Lipinski definition) is 1. The van der Waals surface area contributed by atoms with E-state index < -0.39 is 0 Å². The summed E-state index contributed by atoms with van der Waals surface area (Å²) in [5, 5.41) is 10.2. The molecule has 1 aliphatic carbocycles. The Morgan fingerprint density at radius 2 is 1.67 bits per heavy atom. The quantitative estimate of drug-likeness (QED) is 0.611. The van der Waals surface area contributed by atoms with Crippen molar-refractivity contribution in [2.45, 2.75) is 72.8 Å². The molecule has 0 aromatic carbocycles. The lowest BCUT2D eigenvalue weighted by Gasteiger charge is -2.13. The molecule has 1 rings (SSSR count). The molecular formula is C20H32O. The Hall–Kier alpha value is -1.08. The minimum atomic E-state index is -0.327. The molecule has 0 saturated carbocycles. The summed E-state index contributed by atoms with van der Waals surface area (Å²) in [5.74, 6) is 0.600. The second-order valence-corrected chi connectivity index (χ2v) is 6.70. The summed E-state index contributed by atoms with van der Waals surface area (Å²) in [4.78, 5) is 0. The Morgan fingerprint density at radius 1 is 0.952 bits per heavy atom. The molecule has 0 bridgehead atoms. The minimum absolute atomic E-state index is 0.327. The molecule has 1 nitrogen and oxygen atoms in total. The van der Waals surface area contributed by atoms with E-state index >= 15 is 0 Å². The highest BCUT2D eigenvalue weighted by molar-refractivity contribution is 5.20. The molecule has 0 aliphatic heterocycles. The highest BCUT2D eigenvalue weighted by Gasteiger charge is 2.07. The first-order chi connectivity index (χ1) is 9.90. The van der Waals surface area contributed by atoms with Crippen LogP contribution in [0.15, 0.2) is 46.6 Å². The lowest BCUT2D eigenvalue weighted by Crippen LogP contribution is -2.07. The van der Waals surface area contributed by atoms with Crippen molar-refractivity contribution < 1.29 is 5.11 Å². The van der Waals surface area contributed by atoms with Crippen LogP contribution in [0.5, 0.6) is 0 Å². The number of allylic oxidation sites excluding steroid dienone is 6. The van der Waals surface area contributed by atoms with Crippen LogP contribution in [-0.2, 0) is 0 Å². The monoisotopic (exact) mass is 288 g/mol. The van der Waals surface area contributed by atoms with E-state index in [0.717, 1.165) is 37.7 Å². The normalized spacial score (nSPS) is 32.8. The lowest BCUT2D eigenvalue weighted by molar-refractivity contribution is 0.213. The van der Waals surface area contributed by atoms with E-state index in [1.54, 1.807) is 0 Å². The van der Waals surface area contributed by atoms with E-state index in [9.17, 15) is 5.11 Å². The first-order valence-electron chi connectivity index (χ1n) is 8.26. The second-order valence-electron chi connectivity index (χ2n) is 6.70. The third-order valence-electron chi connectivity index (χ3n) is 4.35. The topological polar surface area (TPSA) is 20.2 Å². The van der Waals surface area contributed by atoms with E-state index in [2.05, 4.69) is 52.0 Å². The van der Waals surface area contributed by atoms with Gasteiger partial charge in [-0.3, -0.25) is 0 Å². The van der Waals surface area contributed by atoms with Crippen molar-refractivity contribution in [2.24, 2.45) is 5.92 Å². The van der Waals surface area contributed by atoms with Crippen LogP contribution < -0.4 is 0 Å². The van der Waals surface area contributed by atoms with Gasteiger partial charge in [0.25, 0.3) is 0 Å². The van der Waals surface area contributed by atoms with Gasteiger partial charge in [-0.2, -0.15) is 0 Å². The third kappa shape index (κ3) is 6.95. The maximum Gasteiger partial charge on any atom is 0.0781 e.